The molecule has 3 atom stereocenters. The second kappa shape index (κ2) is 8.23. The fourth-order valence-electron chi connectivity index (χ4n) is 4.32. The van der Waals surface area contributed by atoms with Crippen LogP contribution in [0.1, 0.15) is 37.9 Å². The molecule has 0 spiro atoms. The highest BCUT2D eigenvalue weighted by atomic mass is 16.3. The average molecular weight is 406 g/mol. The highest BCUT2D eigenvalue weighted by molar-refractivity contribution is 5.73. The van der Waals surface area contributed by atoms with Gasteiger partial charge in [-0.05, 0) is 42.3 Å². The van der Waals surface area contributed by atoms with Crippen molar-refractivity contribution in [2.45, 2.75) is 38.9 Å². The van der Waals surface area contributed by atoms with E-state index in [1.54, 1.807) is 13.0 Å². The monoisotopic (exact) mass is 406 g/mol. The lowest BCUT2D eigenvalue weighted by Gasteiger charge is -2.47. The van der Waals surface area contributed by atoms with Crippen molar-refractivity contribution in [3.8, 4) is 17.1 Å². The summed E-state index contributed by atoms with van der Waals surface area (Å²) in [6.07, 6.45) is 0. The van der Waals surface area contributed by atoms with Gasteiger partial charge in [0.15, 0.2) is 0 Å². The van der Waals surface area contributed by atoms with E-state index in [1.165, 1.54) is 0 Å². The molecule has 8 nitrogen and oxygen atoms in total. The van der Waals surface area contributed by atoms with Gasteiger partial charge >= 0.3 is 0 Å². The third-order valence-corrected chi connectivity index (χ3v) is 5.79. The van der Waals surface area contributed by atoms with Gasteiger partial charge in [-0.15, -0.1) is 10.2 Å². The number of nitrogens with zero attached hydrogens (tertiary/aromatic N) is 5. The first-order valence-electron chi connectivity index (χ1n) is 10.1. The number of H-pyrrole nitrogens is 1. The van der Waals surface area contributed by atoms with Crippen molar-refractivity contribution in [3.05, 3.63) is 59.7 Å². The first-order chi connectivity index (χ1) is 14.4. The molecule has 0 saturated carbocycles. The number of hydrogen-bond donors (Lipinski definition) is 2. The topological polar surface area (TPSA) is 98.2 Å². The second-order valence-electron chi connectivity index (χ2n) is 7.92. The van der Waals surface area contributed by atoms with E-state index >= 15 is 0 Å². The van der Waals surface area contributed by atoms with E-state index in [9.17, 15) is 9.90 Å². The van der Waals surface area contributed by atoms with E-state index in [-0.39, 0.29) is 29.8 Å². The molecular weight excluding hydrogens is 380 g/mol. The minimum atomic E-state index is -0.0528. The molecule has 30 heavy (non-hydrogen) atoms. The maximum atomic E-state index is 12.0. The van der Waals surface area contributed by atoms with Gasteiger partial charge in [0, 0.05) is 37.7 Å². The van der Waals surface area contributed by atoms with Crippen molar-refractivity contribution in [2.24, 2.45) is 0 Å². The van der Waals surface area contributed by atoms with Gasteiger partial charge in [0.1, 0.15) is 5.75 Å². The lowest BCUT2D eigenvalue weighted by molar-refractivity contribution is -0.135. The van der Waals surface area contributed by atoms with Gasteiger partial charge in [-0.1, -0.05) is 36.4 Å². The molecule has 0 bridgehead atoms. The van der Waals surface area contributed by atoms with Gasteiger partial charge in [-0.3, -0.25) is 9.69 Å². The van der Waals surface area contributed by atoms with Crippen LogP contribution in [0.15, 0.2) is 48.5 Å². The standard InChI is InChI=1S/C22H26N6O2/c1-14-13-28(15(2)12-27(14)16(3)29)21(19-5-4-6-20(30)11-19)17-7-9-18(10-8-17)22-23-25-26-24-22/h4-11,14-15,21,30H,12-13H2,1-3H3,(H,23,24,25,26)/t14-,15+,21-/m1/s1. The molecule has 2 aromatic carbocycles. The molecule has 3 aromatic rings. The van der Waals surface area contributed by atoms with Crippen LogP contribution < -0.4 is 0 Å². The van der Waals surface area contributed by atoms with Gasteiger partial charge in [0.25, 0.3) is 0 Å². The average Bonchev–Trinajstić information content (AvgIpc) is 3.26. The summed E-state index contributed by atoms with van der Waals surface area (Å²) < 4.78 is 0. The minimum Gasteiger partial charge on any atom is -0.508 e. The summed E-state index contributed by atoms with van der Waals surface area (Å²) in [5, 5.41) is 24.3. The van der Waals surface area contributed by atoms with E-state index in [0.717, 1.165) is 23.2 Å². The minimum absolute atomic E-state index is 0.0528. The Bertz CT molecular complexity index is 1000. The van der Waals surface area contributed by atoms with Crippen molar-refractivity contribution in [1.82, 2.24) is 30.4 Å². The Kier molecular flexibility index (Phi) is 5.50. The SMILES string of the molecule is CC(=O)N1C[C@H](C)N([C@H](c2ccc(-c3nn[nH]n3)cc2)c2cccc(O)c2)C[C@H]1C. The van der Waals surface area contributed by atoms with Gasteiger partial charge in [-0.25, -0.2) is 0 Å². The molecule has 1 aromatic heterocycles. The summed E-state index contributed by atoms with van der Waals surface area (Å²) in [4.78, 5) is 16.4. The van der Waals surface area contributed by atoms with Crippen molar-refractivity contribution < 1.29 is 9.90 Å². The van der Waals surface area contributed by atoms with Gasteiger partial charge in [0.2, 0.25) is 11.7 Å². The molecule has 1 amide bonds. The predicted octanol–water partition coefficient (Wildman–Crippen LogP) is 2.60. The number of nitrogens with one attached hydrogen (secondary N) is 1. The Labute approximate surface area is 175 Å². The third kappa shape index (κ3) is 3.91. The van der Waals surface area contributed by atoms with Crippen LogP contribution in [0.3, 0.4) is 0 Å². The number of carbonyl (C=O) groups excluding carboxylic acids is 1. The van der Waals surface area contributed by atoms with Crippen molar-refractivity contribution in [1.29, 1.82) is 0 Å². The fraction of sp³-hybridized carbons (Fsp3) is 0.364. The summed E-state index contributed by atoms with van der Waals surface area (Å²) in [6, 6.07) is 15.7. The molecule has 0 unspecified atom stereocenters. The number of aromatic nitrogens is 4. The Morgan fingerprint density at radius 1 is 1.10 bits per heavy atom. The largest absolute Gasteiger partial charge is 0.508 e. The molecule has 1 saturated heterocycles. The number of hydrogen-bond acceptors (Lipinski definition) is 6. The number of piperazine rings is 1. The van der Waals surface area contributed by atoms with E-state index in [4.69, 9.17) is 0 Å². The number of carbonyl (C=O) groups is 1. The zero-order valence-electron chi connectivity index (χ0n) is 17.4. The van der Waals surface area contributed by atoms with Crippen LogP contribution in [0.5, 0.6) is 5.75 Å². The maximum absolute atomic E-state index is 12.0. The molecular formula is C22H26N6O2. The van der Waals surface area contributed by atoms with E-state index in [1.807, 2.05) is 35.2 Å². The Morgan fingerprint density at radius 2 is 1.87 bits per heavy atom. The molecule has 1 aliphatic heterocycles. The quantitative estimate of drug-likeness (QED) is 0.691. The zero-order valence-corrected chi connectivity index (χ0v) is 17.4. The number of tetrazole rings is 1. The van der Waals surface area contributed by atoms with Crippen molar-refractivity contribution in [2.75, 3.05) is 13.1 Å². The number of aromatic hydroxyl groups is 1. The normalized spacial score (nSPS) is 20.8. The van der Waals surface area contributed by atoms with E-state index < -0.39 is 0 Å². The van der Waals surface area contributed by atoms with Crippen LogP contribution in [0, 0.1) is 0 Å². The molecule has 1 aliphatic rings. The van der Waals surface area contributed by atoms with Gasteiger partial charge in [0.05, 0.1) is 6.04 Å². The van der Waals surface area contributed by atoms with Crippen LogP contribution >= 0.6 is 0 Å². The summed E-state index contributed by atoms with van der Waals surface area (Å²) in [6.45, 7) is 7.27. The zero-order chi connectivity index (χ0) is 21.3. The van der Waals surface area contributed by atoms with E-state index in [2.05, 4.69) is 51.5 Å². The Morgan fingerprint density at radius 3 is 2.50 bits per heavy atom. The summed E-state index contributed by atoms with van der Waals surface area (Å²) >= 11 is 0. The molecule has 4 rings (SSSR count). The highest BCUT2D eigenvalue weighted by Crippen LogP contribution is 2.35. The predicted molar refractivity (Wildman–Crippen MR) is 113 cm³/mol. The van der Waals surface area contributed by atoms with Crippen molar-refractivity contribution >= 4 is 5.91 Å². The molecule has 0 aliphatic carbocycles. The number of phenols is 1. The third-order valence-electron chi connectivity index (χ3n) is 5.79. The fourth-order valence-corrected chi connectivity index (χ4v) is 4.32. The summed E-state index contributed by atoms with van der Waals surface area (Å²) in [5.41, 5.74) is 2.99. The number of aromatic amines is 1. The van der Waals surface area contributed by atoms with Crippen LogP contribution in [-0.2, 0) is 4.79 Å². The highest BCUT2D eigenvalue weighted by Gasteiger charge is 2.35. The number of benzene rings is 2. The van der Waals surface area contributed by atoms with Gasteiger partial charge in [-0.2, -0.15) is 5.21 Å². The maximum Gasteiger partial charge on any atom is 0.219 e. The second-order valence-corrected chi connectivity index (χ2v) is 7.92. The molecule has 2 heterocycles. The van der Waals surface area contributed by atoms with Gasteiger partial charge < -0.3 is 10.0 Å². The number of amides is 1. The van der Waals surface area contributed by atoms with Crippen LogP contribution in [0.25, 0.3) is 11.4 Å². The van der Waals surface area contributed by atoms with E-state index in [0.29, 0.717) is 12.4 Å². The molecule has 8 heteroatoms. The number of rotatable bonds is 4. The molecule has 2 N–H and O–H groups in total. The first-order valence-corrected chi connectivity index (χ1v) is 10.1. The smallest absolute Gasteiger partial charge is 0.219 e. The lowest BCUT2D eigenvalue weighted by Crippen LogP contribution is -2.58. The molecule has 156 valence electrons. The first kappa shape index (κ1) is 20.0. The van der Waals surface area contributed by atoms with Crippen LogP contribution in [-0.4, -0.2) is 66.6 Å². The van der Waals surface area contributed by atoms with Crippen LogP contribution in [0.4, 0.5) is 0 Å². The molecule has 0 radical (unpaired) electrons. The molecule has 1 fully saturated rings. The lowest BCUT2D eigenvalue weighted by atomic mass is 9.92. The van der Waals surface area contributed by atoms with Crippen molar-refractivity contribution in [3.63, 3.8) is 0 Å². The summed E-state index contributed by atoms with van der Waals surface area (Å²) in [7, 11) is 0. The van der Waals surface area contributed by atoms with Crippen LogP contribution in [0.2, 0.25) is 0 Å². The number of phenolic OH excluding ortho intramolecular Hbond substituents is 1. The Hall–Kier alpha value is -3.26. The summed E-state index contributed by atoms with van der Waals surface area (Å²) in [5.74, 6) is 0.892. The Balaban J connectivity index is 1.71.